The molecule has 0 fully saturated rings. The molecule has 0 unspecified atom stereocenters. The van der Waals surface area contributed by atoms with Gasteiger partial charge in [0.15, 0.2) is 0 Å². The van der Waals surface area contributed by atoms with Crippen molar-refractivity contribution >= 4 is 5.91 Å². The van der Waals surface area contributed by atoms with Crippen LogP contribution in [0.2, 0.25) is 0 Å². The molecule has 2 N–H and O–H groups in total. The number of aliphatic hydroxyl groups excluding tert-OH is 1. The molecule has 0 saturated carbocycles. The van der Waals surface area contributed by atoms with E-state index in [-0.39, 0.29) is 12.5 Å². The summed E-state index contributed by atoms with van der Waals surface area (Å²) < 4.78 is 10.1. The van der Waals surface area contributed by atoms with Gasteiger partial charge < -0.3 is 19.6 Å². The zero-order valence-electron chi connectivity index (χ0n) is 9.36. The zero-order chi connectivity index (χ0) is 11.8. The molecule has 0 atom stereocenters. The maximum Gasteiger partial charge on any atom is 0.254 e. The summed E-state index contributed by atoms with van der Waals surface area (Å²) in [4.78, 5) is 11.5. The molecule has 1 aromatic rings. The number of carbonyl (C=O) groups is 1. The van der Waals surface area contributed by atoms with Crippen LogP contribution in [-0.2, 0) is 4.74 Å². The topological polar surface area (TPSA) is 71.7 Å². The van der Waals surface area contributed by atoms with Gasteiger partial charge in [-0.1, -0.05) is 0 Å². The molecular formula is C11H17NO4. The number of amides is 1. The van der Waals surface area contributed by atoms with E-state index in [4.69, 9.17) is 14.3 Å². The minimum atomic E-state index is -0.140. The van der Waals surface area contributed by atoms with Crippen molar-refractivity contribution in [3.63, 3.8) is 0 Å². The smallest absolute Gasteiger partial charge is 0.254 e. The molecule has 5 heteroatoms. The number of furan rings is 1. The average Bonchev–Trinajstić information content (AvgIpc) is 2.70. The number of hydrogen-bond donors (Lipinski definition) is 2. The predicted molar refractivity (Wildman–Crippen MR) is 58.3 cm³/mol. The van der Waals surface area contributed by atoms with Crippen LogP contribution in [0, 0.1) is 6.92 Å². The Morgan fingerprint density at radius 2 is 2.38 bits per heavy atom. The minimum Gasteiger partial charge on any atom is -0.469 e. The lowest BCUT2D eigenvalue weighted by molar-refractivity contribution is 0.0867. The highest BCUT2D eigenvalue weighted by Crippen LogP contribution is 2.05. The number of ether oxygens (including phenoxy) is 1. The Bertz CT molecular complexity index is 322. The van der Waals surface area contributed by atoms with Crippen molar-refractivity contribution in [1.29, 1.82) is 0 Å². The second-order valence-electron chi connectivity index (χ2n) is 3.39. The number of carbonyl (C=O) groups excluding carboxylic acids is 1. The number of nitrogens with one attached hydrogen (secondary N) is 1. The summed E-state index contributed by atoms with van der Waals surface area (Å²) in [5.41, 5.74) is 0.536. The van der Waals surface area contributed by atoms with E-state index in [0.29, 0.717) is 25.3 Å². The Morgan fingerprint density at radius 3 is 3.00 bits per heavy atom. The van der Waals surface area contributed by atoms with Crippen LogP contribution in [0.25, 0.3) is 0 Å². The summed E-state index contributed by atoms with van der Waals surface area (Å²) in [5, 5.41) is 11.2. The van der Waals surface area contributed by atoms with Gasteiger partial charge in [-0.15, -0.1) is 0 Å². The quantitative estimate of drug-likeness (QED) is 0.673. The molecule has 0 spiro atoms. The van der Waals surface area contributed by atoms with Crippen molar-refractivity contribution in [3.05, 3.63) is 23.7 Å². The standard InChI is InChI=1S/C11H17NO4/c1-9-7-10(8-16-9)11(14)12-3-2-5-15-6-4-13/h7-8,13H,2-6H2,1H3,(H,12,14). The van der Waals surface area contributed by atoms with E-state index in [1.54, 1.807) is 13.0 Å². The third kappa shape index (κ3) is 4.46. The van der Waals surface area contributed by atoms with Gasteiger partial charge in [0.2, 0.25) is 0 Å². The van der Waals surface area contributed by atoms with Crippen LogP contribution in [0.15, 0.2) is 16.7 Å². The Labute approximate surface area is 94.4 Å². The monoisotopic (exact) mass is 227 g/mol. The van der Waals surface area contributed by atoms with Crippen LogP contribution < -0.4 is 5.32 Å². The third-order valence-corrected chi connectivity index (χ3v) is 1.98. The van der Waals surface area contributed by atoms with Gasteiger partial charge >= 0.3 is 0 Å². The molecule has 0 aliphatic carbocycles. The fourth-order valence-corrected chi connectivity index (χ4v) is 1.21. The van der Waals surface area contributed by atoms with Crippen molar-refractivity contribution in [2.45, 2.75) is 13.3 Å². The first-order chi connectivity index (χ1) is 7.74. The van der Waals surface area contributed by atoms with Crippen LogP contribution in [-0.4, -0.2) is 37.4 Å². The molecule has 0 radical (unpaired) electrons. The molecule has 0 saturated heterocycles. The summed E-state index contributed by atoms with van der Waals surface area (Å²) in [7, 11) is 0. The van der Waals surface area contributed by atoms with E-state index in [1.165, 1.54) is 6.26 Å². The number of rotatable bonds is 7. The minimum absolute atomic E-state index is 0.0284. The van der Waals surface area contributed by atoms with Crippen LogP contribution in [0.4, 0.5) is 0 Å². The van der Waals surface area contributed by atoms with Gasteiger partial charge in [-0.25, -0.2) is 0 Å². The first kappa shape index (κ1) is 12.7. The highest BCUT2D eigenvalue weighted by Gasteiger charge is 2.06. The van der Waals surface area contributed by atoms with Crippen molar-refractivity contribution in [2.24, 2.45) is 0 Å². The lowest BCUT2D eigenvalue weighted by Crippen LogP contribution is -2.24. The second-order valence-corrected chi connectivity index (χ2v) is 3.39. The normalized spacial score (nSPS) is 10.4. The van der Waals surface area contributed by atoms with E-state index < -0.39 is 0 Å². The summed E-state index contributed by atoms with van der Waals surface area (Å²) in [6, 6.07) is 1.69. The summed E-state index contributed by atoms with van der Waals surface area (Å²) in [6.07, 6.45) is 2.16. The number of aliphatic hydroxyl groups is 1. The molecule has 0 bridgehead atoms. The Kier molecular flexibility index (Phi) is 5.60. The van der Waals surface area contributed by atoms with Crippen LogP contribution >= 0.6 is 0 Å². The van der Waals surface area contributed by atoms with Gasteiger partial charge in [-0.2, -0.15) is 0 Å². The van der Waals surface area contributed by atoms with Crippen LogP contribution in [0.1, 0.15) is 22.5 Å². The molecule has 0 aromatic carbocycles. The SMILES string of the molecule is Cc1cc(C(=O)NCCCOCCO)co1. The van der Waals surface area contributed by atoms with Gasteiger partial charge in [0.1, 0.15) is 12.0 Å². The molecule has 0 aliphatic heterocycles. The van der Waals surface area contributed by atoms with E-state index in [9.17, 15) is 4.79 Å². The largest absolute Gasteiger partial charge is 0.469 e. The van der Waals surface area contributed by atoms with Crippen LogP contribution in [0.5, 0.6) is 0 Å². The average molecular weight is 227 g/mol. The van der Waals surface area contributed by atoms with Crippen molar-refractivity contribution < 1.29 is 19.1 Å². The van der Waals surface area contributed by atoms with Crippen molar-refractivity contribution in [1.82, 2.24) is 5.32 Å². The zero-order valence-corrected chi connectivity index (χ0v) is 9.36. The fraction of sp³-hybridized carbons (Fsp3) is 0.545. The maximum atomic E-state index is 11.5. The molecule has 16 heavy (non-hydrogen) atoms. The van der Waals surface area contributed by atoms with E-state index >= 15 is 0 Å². The Morgan fingerprint density at radius 1 is 1.56 bits per heavy atom. The van der Waals surface area contributed by atoms with Crippen molar-refractivity contribution in [2.75, 3.05) is 26.4 Å². The maximum absolute atomic E-state index is 11.5. The molecule has 1 rings (SSSR count). The highest BCUT2D eigenvalue weighted by atomic mass is 16.5. The van der Waals surface area contributed by atoms with Gasteiger partial charge in [0.25, 0.3) is 5.91 Å². The summed E-state index contributed by atoms with van der Waals surface area (Å²) >= 11 is 0. The Hall–Kier alpha value is -1.33. The molecule has 5 nitrogen and oxygen atoms in total. The predicted octanol–water partition coefficient (Wildman–Crippen LogP) is 0.717. The number of hydrogen-bond acceptors (Lipinski definition) is 4. The molecule has 0 aliphatic rings. The van der Waals surface area contributed by atoms with Gasteiger partial charge in [-0.05, 0) is 19.4 Å². The van der Waals surface area contributed by atoms with Crippen LogP contribution in [0.3, 0.4) is 0 Å². The molecule has 90 valence electrons. The Balaban J connectivity index is 2.11. The third-order valence-electron chi connectivity index (χ3n) is 1.98. The lowest BCUT2D eigenvalue weighted by Gasteiger charge is -2.03. The summed E-state index contributed by atoms with van der Waals surface area (Å²) in [6.45, 7) is 3.24. The highest BCUT2D eigenvalue weighted by molar-refractivity contribution is 5.93. The van der Waals surface area contributed by atoms with Crippen molar-refractivity contribution in [3.8, 4) is 0 Å². The first-order valence-electron chi connectivity index (χ1n) is 5.26. The van der Waals surface area contributed by atoms with Gasteiger partial charge in [-0.3, -0.25) is 4.79 Å². The van der Waals surface area contributed by atoms with E-state index in [2.05, 4.69) is 5.32 Å². The molecule has 1 amide bonds. The number of aryl methyl sites for hydroxylation is 1. The van der Waals surface area contributed by atoms with Gasteiger partial charge in [0, 0.05) is 13.2 Å². The molecule has 1 aromatic heterocycles. The van der Waals surface area contributed by atoms with Gasteiger partial charge in [0.05, 0.1) is 18.8 Å². The second kappa shape index (κ2) is 7.03. The van der Waals surface area contributed by atoms with E-state index in [0.717, 1.165) is 12.2 Å². The summed E-state index contributed by atoms with van der Waals surface area (Å²) in [5.74, 6) is 0.579. The van der Waals surface area contributed by atoms with E-state index in [1.807, 2.05) is 0 Å². The fourth-order valence-electron chi connectivity index (χ4n) is 1.21. The molecule has 1 heterocycles. The lowest BCUT2D eigenvalue weighted by atomic mass is 10.3. The molecular weight excluding hydrogens is 210 g/mol. The first-order valence-corrected chi connectivity index (χ1v) is 5.26.